The predicted molar refractivity (Wildman–Crippen MR) is 114 cm³/mol. The van der Waals surface area contributed by atoms with Crippen LogP contribution in [0.4, 0.5) is 0 Å². The topological polar surface area (TPSA) is 76.9 Å². The molecule has 0 saturated carbocycles. The molecule has 6 nitrogen and oxygen atoms in total. The van der Waals surface area contributed by atoms with Gasteiger partial charge in [-0.1, -0.05) is 37.3 Å². The third-order valence-electron chi connectivity index (χ3n) is 4.86. The second kappa shape index (κ2) is 8.14. The van der Waals surface area contributed by atoms with Crippen molar-refractivity contribution in [2.45, 2.75) is 24.8 Å². The molecule has 0 aliphatic heterocycles. The summed E-state index contributed by atoms with van der Waals surface area (Å²) in [6.07, 6.45) is 4.11. The van der Waals surface area contributed by atoms with Gasteiger partial charge in [0.05, 0.1) is 15.9 Å². The summed E-state index contributed by atoms with van der Waals surface area (Å²) in [5.41, 5.74) is 3.59. The Labute approximate surface area is 170 Å². The summed E-state index contributed by atoms with van der Waals surface area (Å²) in [6.45, 7) is 2.68. The van der Waals surface area contributed by atoms with E-state index in [1.54, 1.807) is 24.5 Å². The number of rotatable bonds is 7. The average Bonchev–Trinajstić information content (AvgIpc) is 3.13. The molecule has 1 N–H and O–H groups in total. The first-order chi connectivity index (χ1) is 14.1. The summed E-state index contributed by atoms with van der Waals surface area (Å²) in [7, 11) is -3.58. The summed E-state index contributed by atoms with van der Waals surface area (Å²) in [6, 6.07) is 18.8. The quantitative estimate of drug-likeness (QED) is 0.508. The molecular formula is C22H22N4O2S. The molecule has 0 amide bonds. The molecule has 0 atom stereocenters. The van der Waals surface area contributed by atoms with E-state index < -0.39 is 10.0 Å². The molecular weight excluding hydrogens is 384 g/mol. The Morgan fingerprint density at radius 3 is 2.48 bits per heavy atom. The molecule has 0 radical (unpaired) electrons. The summed E-state index contributed by atoms with van der Waals surface area (Å²) in [4.78, 5) is 9.15. The largest absolute Gasteiger partial charge is 0.323 e. The van der Waals surface area contributed by atoms with Gasteiger partial charge in [0.1, 0.15) is 5.82 Å². The fourth-order valence-corrected chi connectivity index (χ4v) is 4.78. The number of fused-ring (bicyclic) bond motifs is 1. The van der Waals surface area contributed by atoms with Crippen molar-refractivity contribution in [2.75, 3.05) is 6.54 Å². The molecule has 2 heterocycles. The lowest BCUT2D eigenvalue weighted by Crippen LogP contribution is -2.28. The van der Waals surface area contributed by atoms with Crippen LogP contribution in [0.25, 0.3) is 22.4 Å². The monoisotopic (exact) mass is 406 g/mol. The third kappa shape index (κ3) is 3.92. The second-order valence-electron chi connectivity index (χ2n) is 6.67. The number of hydrogen-bond acceptors (Lipinski definition) is 4. The molecule has 29 heavy (non-hydrogen) atoms. The molecule has 0 aliphatic carbocycles. The van der Waals surface area contributed by atoms with E-state index in [1.165, 1.54) is 0 Å². The van der Waals surface area contributed by atoms with E-state index in [2.05, 4.69) is 9.71 Å². The number of pyridine rings is 1. The van der Waals surface area contributed by atoms with Gasteiger partial charge in [-0.15, -0.1) is 0 Å². The van der Waals surface area contributed by atoms with Crippen LogP contribution in [0.1, 0.15) is 12.5 Å². The van der Waals surface area contributed by atoms with Crippen molar-refractivity contribution in [1.82, 2.24) is 19.3 Å². The van der Waals surface area contributed by atoms with Crippen molar-refractivity contribution in [3.05, 3.63) is 78.6 Å². The van der Waals surface area contributed by atoms with Gasteiger partial charge in [-0.25, -0.2) is 18.1 Å². The van der Waals surface area contributed by atoms with Gasteiger partial charge in [-0.05, 0) is 42.3 Å². The Hall–Kier alpha value is -3.03. The Balaban J connectivity index is 1.62. The van der Waals surface area contributed by atoms with E-state index in [-0.39, 0.29) is 6.54 Å². The minimum absolute atomic E-state index is 0.263. The first-order valence-electron chi connectivity index (χ1n) is 9.53. The minimum atomic E-state index is -3.58. The van der Waals surface area contributed by atoms with Crippen molar-refractivity contribution in [3.8, 4) is 11.4 Å². The van der Waals surface area contributed by atoms with Gasteiger partial charge in [-0.2, -0.15) is 0 Å². The number of aromatic nitrogens is 3. The van der Waals surface area contributed by atoms with Crippen molar-refractivity contribution in [2.24, 2.45) is 0 Å². The zero-order valence-corrected chi connectivity index (χ0v) is 16.9. The average molecular weight is 407 g/mol. The lowest BCUT2D eigenvalue weighted by Gasteiger charge is -2.12. The zero-order valence-electron chi connectivity index (χ0n) is 16.1. The highest BCUT2D eigenvalue weighted by atomic mass is 32.2. The van der Waals surface area contributed by atoms with Crippen molar-refractivity contribution in [3.63, 3.8) is 0 Å². The summed E-state index contributed by atoms with van der Waals surface area (Å²) in [5, 5.41) is 0. The maximum atomic E-state index is 12.8. The Morgan fingerprint density at radius 1 is 0.966 bits per heavy atom. The van der Waals surface area contributed by atoms with E-state index in [1.807, 2.05) is 60.0 Å². The SMILES string of the molecule is CCc1ccccc1S(=O)(=O)NCCn1c(-c2ccncc2)nc2ccccc21. The van der Waals surface area contributed by atoms with Crippen molar-refractivity contribution < 1.29 is 8.42 Å². The Kier molecular flexibility index (Phi) is 5.42. The maximum Gasteiger partial charge on any atom is 0.240 e. The smallest absolute Gasteiger partial charge is 0.240 e. The molecule has 2 aromatic heterocycles. The van der Waals surface area contributed by atoms with Crippen molar-refractivity contribution >= 4 is 21.1 Å². The van der Waals surface area contributed by atoms with E-state index in [4.69, 9.17) is 4.98 Å². The van der Waals surface area contributed by atoms with Crippen LogP contribution in [-0.4, -0.2) is 29.5 Å². The highest BCUT2D eigenvalue weighted by molar-refractivity contribution is 7.89. The molecule has 148 valence electrons. The van der Waals surface area contributed by atoms with Crippen LogP contribution in [-0.2, 0) is 23.0 Å². The van der Waals surface area contributed by atoms with Crippen LogP contribution in [0.15, 0.2) is 78.0 Å². The predicted octanol–water partition coefficient (Wildman–Crippen LogP) is 3.64. The van der Waals surface area contributed by atoms with E-state index in [0.29, 0.717) is 17.9 Å². The zero-order chi connectivity index (χ0) is 20.3. The molecule has 0 aliphatic rings. The number of para-hydroxylation sites is 2. The Morgan fingerprint density at radius 2 is 1.69 bits per heavy atom. The number of sulfonamides is 1. The summed E-state index contributed by atoms with van der Waals surface area (Å²) in [5.74, 6) is 0.793. The number of benzene rings is 2. The molecule has 4 aromatic rings. The van der Waals surface area contributed by atoms with Crippen molar-refractivity contribution in [1.29, 1.82) is 0 Å². The van der Waals surface area contributed by atoms with Gasteiger partial charge >= 0.3 is 0 Å². The highest BCUT2D eigenvalue weighted by Crippen LogP contribution is 2.24. The third-order valence-corrected chi connectivity index (χ3v) is 6.43. The van der Waals surface area contributed by atoms with Crippen LogP contribution in [0, 0.1) is 0 Å². The van der Waals surface area contributed by atoms with Crippen LogP contribution in [0.5, 0.6) is 0 Å². The fraction of sp³-hybridized carbons (Fsp3) is 0.182. The summed E-state index contributed by atoms with van der Waals surface area (Å²) >= 11 is 0. The number of nitrogens with one attached hydrogen (secondary N) is 1. The van der Waals surface area contributed by atoms with Gasteiger partial charge in [0.2, 0.25) is 10.0 Å². The van der Waals surface area contributed by atoms with E-state index in [0.717, 1.165) is 28.0 Å². The number of nitrogens with zero attached hydrogens (tertiary/aromatic N) is 3. The second-order valence-corrected chi connectivity index (χ2v) is 8.41. The lowest BCUT2D eigenvalue weighted by atomic mass is 10.2. The standard InChI is InChI=1S/C22H22N4O2S/c1-2-17-7-3-6-10-21(17)29(27,28)24-15-16-26-20-9-5-4-8-19(20)25-22(26)18-11-13-23-14-12-18/h3-14,24H,2,15-16H2,1H3. The van der Waals surface area contributed by atoms with Crippen LogP contribution >= 0.6 is 0 Å². The fourth-order valence-electron chi connectivity index (χ4n) is 3.45. The van der Waals surface area contributed by atoms with Gasteiger partial charge in [0, 0.05) is 31.0 Å². The van der Waals surface area contributed by atoms with Gasteiger partial charge in [0.15, 0.2) is 0 Å². The van der Waals surface area contributed by atoms with Crippen LogP contribution in [0.3, 0.4) is 0 Å². The number of hydrogen-bond donors (Lipinski definition) is 1. The molecule has 0 spiro atoms. The Bertz CT molecular complexity index is 1230. The van der Waals surface area contributed by atoms with E-state index >= 15 is 0 Å². The van der Waals surface area contributed by atoms with Gasteiger partial charge in [-0.3, -0.25) is 4.98 Å². The first kappa shape index (κ1) is 19.3. The van der Waals surface area contributed by atoms with E-state index in [9.17, 15) is 8.42 Å². The van der Waals surface area contributed by atoms with Crippen LogP contribution < -0.4 is 4.72 Å². The normalized spacial score (nSPS) is 11.8. The molecule has 7 heteroatoms. The maximum absolute atomic E-state index is 12.8. The number of imidazole rings is 1. The van der Waals surface area contributed by atoms with Gasteiger partial charge < -0.3 is 4.57 Å². The number of aryl methyl sites for hydroxylation is 1. The van der Waals surface area contributed by atoms with Crippen LogP contribution in [0.2, 0.25) is 0 Å². The molecule has 2 aromatic carbocycles. The first-order valence-corrected chi connectivity index (χ1v) is 11.0. The highest BCUT2D eigenvalue weighted by Gasteiger charge is 2.18. The molecule has 4 rings (SSSR count). The summed E-state index contributed by atoms with van der Waals surface area (Å²) < 4.78 is 30.4. The molecule has 0 saturated heterocycles. The molecule has 0 bridgehead atoms. The minimum Gasteiger partial charge on any atom is -0.323 e. The molecule has 0 fully saturated rings. The lowest BCUT2D eigenvalue weighted by molar-refractivity contribution is 0.573. The molecule has 0 unspecified atom stereocenters. The van der Waals surface area contributed by atoms with Gasteiger partial charge in [0.25, 0.3) is 0 Å².